The number of nitrogens with zero attached hydrogens (tertiary/aromatic N) is 1. The van der Waals surface area contributed by atoms with Gasteiger partial charge < -0.3 is 10.1 Å². The molecule has 0 aromatic heterocycles. The number of halogens is 1. The molecular formula is C20H23ClN2O2. The van der Waals surface area contributed by atoms with Gasteiger partial charge in [0.05, 0.1) is 19.3 Å². The van der Waals surface area contributed by atoms with Crippen molar-refractivity contribution < 1.29 is 9.53 Å². The van der Waals surface area contributed by atoms with Crippen LogP contribution in [0, 0.1) is 6.92 Å². The van der Waals surface area contributed by atoms with Crippen molar-refractivity contribution >= 4 is 17.5 Å². The number of ether oxygens (including phenoxy) is 1. The average molecular weight is 359 g/mol. The third kappa shape index (κ3) is 4.40. The number of hydrogen-bond donors (Lipinski definition) is 1. The lowest BCUT2D eigenvalue weighted by molar-refractivity contribution is 0.0162. The normalized spacial score (nSPS) is 16.4. The molecule has 3 rings (SSSR count). The van der Waals surface area contributed by atoms with E-state index in [1.807, 2.05) is 55.5 Å². The first kappa shape index (κ1) is 17.9. The summed E-state index contributed by atoms with van der Waals surface area (Å²) in [5, 5.41) is 3.81. The molecule has 1 heterocycles. The van der Waals surface area contributed by atoms with E-state index >= 15 is 0 Å². The number of hydrogen-bond acceptors (Lipinski definition) is 3. The van der Waals surface area contributed by atoms with Crippen molar-refractivity contribution in [2.45, 2.75) is 13.0 Å². The standard InChI is InChI=1S/C20H23ClN2O2/c1-15-6-2-3-7-16(15)20(24)22-14-19(23-10-12-25-13-11-23)17-8-4-5-9-18(17)21/h2-9,19H,10-14H2,1H3,(H,22,24). The van der Waals surface area contributed by atoms with E-state index in [1.165, 1.54) is 0 Å². The highest BCUT2D eigenvalue weighted by Crippen LogP contribution is 2.27. The van der Waals surface area contributed by atoms with Crippen molar-refractivity contribution in [1.29, 1.82) is 0 Å². The summed E-state index contributed by atoms with van der Waals surface area (Å²) >= 11 is 6.43. The van der Waals surface area contributed by atoms with Gasteiger partial charge in [0.2, 0.25) is 0 Å². The van der Waals surface area contributed by atoms with Crippen LogP contribution < -0.4 is 5.32 Å². The zero-order chi connectivity index (χ0) is 17.6. The van der Waals surface area contributed by atoms with Gasteiger partial charge in [-0.15, -0.1) is 0 Å². The van der Waals surface area contributed by atoms with Crippen molar-refractivity contribution in [2.75, 3.05) is 32.8 Å². The van der Waals surface area contributed by atoms with Gasteiger partial charge in [0, 0.05) is 30.2 Å². The zero-order valence-corrected chi connectivity index (χ0v) is 15.1. The second-order valence-corrected chi connectivity index (χ2v) is 6.62. The summed E-state index contributed by atoms with van der Waals surface area (Å²) in [5.74, 6) is -0.0524. The van der Waals surface area contributed by atoms with Crippen LogP contribution >= 0.6 is 11.6 Å². The minimum atomic E-state index is -0.0524. The Morgan fingerprint density at radius 1 is 1.16 bits per heavy atom. The predicted molar refractivity (Wildman–Crippen MR) is 100 cm³/mol. The van der Waals surface area contributed by atoms with Crippen LogP contribution in [0.5, 0.6) is 0 Å². The highest BCUT2D eigenvalue weighted by molar-refractivity contribution is 6.31. The van der Waals surface area contributed by atoms with Crippen LogP contribution in [0.3, 0.4) is 0 Å². The fourth-order valence-corrected chi connectivity index (χ4v) is 3.44. The van der Waals surface area contributed by atoms with Crippen molar-refractivity contribution in [3.63, 3.8) is 0 Å². The maximum absolute atomic E-state index is 12.6. The molecule has 0 radical (unpaired) electrons. The lowest BCUT2D eigenvalue weighted by Gasteiger charge is -2.35. The summed E-state index contributed by atoms with van der Waals surface area (Å²) in [6, 6.07) is 15.5. The van der Waals surface area contributed by atoms with Crippen LogP contribution in [0.2, 0.25) is 5.02 Å². The Bertz CT molecular complexity index is 729. The Balaban J connectivity index is 1.77. The molecule has 1 aliphatic heterocycles. The van der Waals surface area contributed by atoms with Crippen molar-refractivity contribution in [3.8, 4) is 0 Å². The summed E-state index contributed by atoms with van der Waals surface area (Å²) in [5.41, 5.74) is 2.72. The Kier molecular flexibility index (Phi) is 6.08. The molecule has 0 spiro atoms. The van der Waals surface area contributed by atoms with E-state index in [4.69, 9.17) is 16.3 Å². The smallest absolute Gasteiger partial charge is 0.251 e. The molecule has 1 unspecified atom stereocenters. The second-order valence-electron chi connectivity index (χ2n) is 6.21. The number of nitrogens with one attached hydrogen (secondary N) is 1. The lowest BCUT2D eigenvalue weighted by Crippen LogP contribution is -2.44. The zero-order valence-electron chi connectivity index (χ0n) is 14.4. The summed E-state index contributed by atoms with van der Waals surface area (Å²) < 4.78 is 5.46. The molecule has 1 amide bonds. The topological polar surface area (TPSA) is 41.6 Å². The van der Waals surface area contributed by atoms with Gasteiger partial charge in [-0.1, -0.05) is 48.0 Å². The van der Waals surface area contributed by atoms with Crippen LogP contribution in [-0.4, -0.2) is 43.7 Å². The molecule has 2 aromatic carbocycles. The summed E-state index contributed by atoms with van der Waals surface area (Å²) in [6.07, 6.45) is 0. The van der Waals surface area contributed by atoms with E-state index in [2.05, 4.69) is 10.2 Å². The highest BCUT2D eigenvalue weighted by Gasteiger charge is 2.25. The quantitative estimate of drug-likeness (QED) is 0.890. The number of carbonyl (C=O) groups is 1. The van der Waals surface area contributed by atoms with Crippen LogP contribution in [-0.2, 0) is 4.74 Å². The molecule has 1 N–H and O–H groups in total. The first-order valence-corrected chi connectivity index (χ1v) is 8.94. The molecule has 132 valence electrons. The molecule has 1 fully saturated rings. The van der Waals surface area contributed by atoms with Crippen molar-refractivity contribution in [3.05, 3.63) is 70.2 Å². The summed E-state index contributed by atoms with van der Waals surface area (Å²) in [7, 11) is 0. The van der Waals surface area contributed by atoms with Crippen molar-refractivity contribution in [1.82, 2.24) is 10.2 Å². The molecule has 1 atom stereocenters. The van der Waals surface area contributed by atoms with Gasteiger partial charge in [-0.2, -0.15) is 0 Å². The third-order valence-corrected chi connectivity index (χ3v) is 4.94. The van der Waals surface area contributed by atoms with Gasteiger partial charge in [-0.25, -0.2) is 0 Å². The van der Waals surface area contributed by atoms with Crippen LogP contribution in [0.25, 0.3) is 0 Å². The molecule has 1 aliphatic rings. The van der Waals surface area contributed by atoms with Crippen molar-refractivity contribution in [2.24, 2.45) is 0 Å². The van der Waals surface area contributed by atoms with Gasteiger partial charge >= 0.3 is 0 Å². The predicted octanol–water partition coefficient (Wildman–Crippen LogP) is 3.45. The van der Waals surface area contributed by atoms with Gasteiger partial charge in [0.1, 0.15) is 0 Å². The Labute approximate surface area is 153 Å². The fraction of sp³-hybridized carbons (Fsp3) is 0.350. The van der Waals surface area contributed by atoms with Crippen LogP contribution in [0.1, 0.15) is 27.5 Å². The minimum Gasteiger partial charge on any atom is -0.379 e. The van der Waals surface area contributed by atoms with Gasteiger partial charge in [-0.05, 0) is 30.2 Å². The maximum atomic E-state index is 12.6. The number of aryl methyl sites for hydroxylation is 1. The van der Waals surface area contributed by atoms with Gasteiger partial charge in [-0.3, -0.25) is 9.69 Å². The molecule has 2 aromatic rings. The molecule has 25 heavy (non-hydrogen) atoms. The average Bonchev–Trinajstić information content (AvgIpc) is 2.64. The monoisotopic (exact) mass is 358 g/mol. The molecule has 4 nitrogen and oxygen atoms in total. The van der Waals surface area contributed by atoms with E-state index in [-0.39, 0.29) is 11.9 Å². The van der Waals surface area contributed by atoms with E-state index < -0.39 is 0 Å². The van der Waals surface area contributed by atoms with Gasteiger partial charge in [0.15, 0.2) is 0 Å². The van der Waals surface area contributed by atoms with Gasteiger partial charge in [0.25, 0.3) is 5.91 Å². The first-order valence-electron chi connectivity index (χ1n) is 8.57. The number of rotatable bonds is 5. The fourth-order valence-electron chi connectivity index (χ4n) is 3.18. The summed E-state index contributed by atoms with van der Waals surface area (Å²) in [4.78, 5) is 14.9. The number of benzene rings is 2. The molecule has 5 heteroatoms. The number of carbonyl (C=O) groups excluding carboxylic acids is 1. The first-order chi connectivity index (χ1) is 12.2. The van der Waals surface area contributed by atoms with Crippen LogP contribution in [0.15, 0.2) is 48.5 Å². The Morgan fingerprint density at radius 3 is 2.56 bits per heavy atom. The van der Waals surface area contributed by atoms with Crippen LogP contribution in [0.4, 0.5) is 0 Å². The molecular weight excluding hydrogens is 336 g/mol. The number of amides is 1. The van der Waals surface area contributed by atoms with E-state index in [9.17, 15) is 4.79 Å². The highest BCUT2D eigenvalue weighted by atomic mass is 35.5. The Hall–Kier alpha value is -1.88. The maximum Gasteiger partial charge on any atom is 0.251 e. The second kappa shape index (κ2) is 8.48. The molecule has 0 aliphatic carbocycles. The number of morpholine rings is 1. The summed E-state index contributed by atoms with van der Waals surface area (Å²) in [6.45, 7) is 5.52. The Morgan fingerprint density at radius 2 is 1.84 bits per heavy atom. The molecule has 0 saturated carbocycles. The largest absolute Gasteiger partial charge is 0.379 e. The molecule has 0 bridgehead atoms. The SMILES string of the molecule is Cc1ccccc1C(=O)NCC(c1ccccc1Cl)N1CCOCC1. The van der Waals surface area contributed by atoms with E-state index in [0.29, 0.717) is 25.3 Å². The molecule has 1 saturated heterocycles. The van der Waals surface area contributed by atoms with E-state index in [0.717, 1.165) is 29.2 Å². The van der Waals surface area contributed by atoms with E-state index in [1.54, 1.807) is 0 Å². The minimum absolute atomic E-state index is 0.0329. The third-order valence-electron chi connectivity index (χ3n) is 4.60. The lowest BCUT2D eigenvalue weighted by atomic mass is 10.0.